The minimum absolute atomic E-state index is 0.0548. The van der Waals surface area contributed by atoms with Crippen LogP contribution in [-0.2, 0) is 11.2 Å². The number of benzene rings is 1. The van der Waals surface area contributed by atoms with Crippen LogP contribution in [0.2, 0.25) is 10.0 Å². The molecule has 0 aliphatic carbocycles. The molecule has 1 aromatic heterocycles. The SMILES string of the molecule is NC(=O)c1cc(NC(=O)C(O)Cc2cc(Cl)cc(Cl)c2)c[nH]1. The zero-order chi connectivity index (χ0) is 16.3. The summed E-state index contributed by atoms with van der Waals surface area (Å²) in [6.07, 6.45) is 0.168. The molecule has 1 atom stereocenters. The Labute approximate surface area is 136 Å². The molecule has 1 heterocycles. The van der Waals surface area contributed by atoms with E-state index in [0.717, 1.165) is 0 Å². The van der Waals surface area contributed by atoms with Crippen LogP contribution in [0.1, 0.15) is 16.1 Å². The maximum atomic E-state index is 11.9. The molecule has 2 aromatic rings. The Balaban J connectivity index is 2.00. The number of aliphatic hydroxyl groups excluding tert-OH is 1. The fraction of sp³-hybridized carbons (Fsp3) is 0.143. The van der Waals surface area contributed by atoms with Crippen molar-refractivity contribution in [1.29, 1.82) is 0 Å². The summed E-state index contributed by atoms with van der Waals surface area (Å²) in [6, 6.07) is 6.17. The number of halogens is 2. The summed E-state index contributed by atoms with van der Waals surface area (Å²) in [5, 5.41) is 13.2. The number of amides is 2. The Kier molecular flexibility index (Phi) is 5.07. The number of rotatable bonds is 5. The Morgan fingerprint density at radius 3 is 2.41 bits per heavy atom. The van der Waals surface area contributed by atoms with Gasteiger partial charge >= 0.3 is 0 Å². The summed E-state index contributed by atoms with van der Waals surface area (Å²) < 4.78 is 0. The average Bonchev–Trinajstić information content (AvgIpc) is 2.86. The van der Waals surface area contributed by atoms with E-state index in [9.17, 15) is 14.7 Å². The third-order valence-corrected chi connectivity index (χ3v) is 3.31. The van der Waals surface area contributed by atoms with Crippen LogP contribution in [0, 0.1) is 0 Å². The van der Waals surface area contributed by atoms with Crippen LogP contribution in [0.5, 0.6) is 0 Å². The van der Waals surface area contributed by atoms with Crippen molar-refractivity contribution in [3.05, 3.63) is 51.8 Å². The van der Waals surface area contributed by atoms with Gasteiger partial charge in [-0.15, -0.1) is 0 Å². The van der Waals surface area contributed by atoms with Crippen LogP contribution in [0.25, 0.3) is 0 Å². The summed E-state index contributed by atoms with van der Waals surface area (Å²) in [5.74, 6) is -1.26. The second kappa shape index (κ2) is 6.83. The molecule has 0 aliphatic rings. The average molecular weight is 342 g/mol. The number of aromatic amines is 1. The van der Waals surface area contributed by atoms with Gasteiger partial charge in [0, 0.05) is 22.7 Å². The molecule has 1 unspecified atom stereocenters. The molecule has 22 heavy (non-hydrogen) atoms. The number of hydrogen-bond acceptors (Lipinski definition) is 3. The number of anilines is 1. The van der Waals surface area contributed by atoms with Gasteiger partial charge in [-0.1, -0.05) is 23.2 Å². The number of aromatic nitrogens is 1. The van der Waals surface area contributed by atoms with Crippen molar-refractivity contribution in [1.82, 2.24) is 4.98 Å². The lowest BCUT2D eigenvalue weighted by Gasteiger charge is -2.11. The van der Waals surface area contributed by atoms with E-state index in [0.29, 0.717) is 21.3 Å². The van der Waals surface area contributed by atoms with Crippen molar-refractivity contribution in [3.63, 3.8) is 0 Å². The number of carbonyl (C=O) groups excluding carboxylic acids is 2. The molecule has 2 amide bonds. The standard InChI is InChI=1S/C14H13Cl2N3O3/c15-8-1-7(2-9(16)4-8)3-12(20)14(22)19-10-5-11(13(17)21)18-6-10/h1-2,4-6,12,18,20H,3H2,(H2,17,21)(H,19,22). The van der Waals surface area contributed by atoms with Crippen molar-refractivity contribution in [2.24, 2.45) is 5.73 Å². The van der Waals surface area contributed by atoms with Crippen molar-refractivity contribution in [3.8, 4) is 0 Å². The summed E-state index contributed by atoms with van der Waals surface area (Å²) in [5.41, 5.74) is 6.22. The van der Waals surface area contributed by atoms with E-state index in [1.165, 1.54) is 12.3 Å². The zero-order valence-corrected chi connectivity index (χ0v) is 12.8. The number of H-pyrrole nitrogens is 1. The Bertz CT molecular complexity index is 695. The van der Waals surface area contributed by atoms with Crippen LogP contribution < -0.4 is 11.1 Å². The van der Waals surface area contributed by atoms with Crippen LogP contribution in [-0.4, -0.2) is 28.0 Å². The fourth-order valence-corrected chi connectivity index (χ4v) is 2.45. The molecule has 1 aromatic carbocycles. The zero-order valence-electron chi connectivity index (χ0n) is 11.3. The van der Waals surface area contributed by atoms with E-state index in [2.05, 4.69) is 10.3 Å². The highest BCUT2D eigenvalue weighted by Crippen LogP contribution is 2.20. The highest BCUT2D eigenvalue weighted by atomic mass is 35.5. The lowest BCUT2D eigenvalue weighted by molar-refractivity contribution is -0.123. The highest BCUT2D eigenvalue weighted by molar-refractivity contribution is 6.34. The minimum atomic E-state index is -1.29. The summed E-state index contributed by atoms with van der Waals surface area (Å²) in [4.78, 5) is 25.5. The first-order valence-electron chi connectivity index (χ1n) is 6.27. The lowest BCUT2D eigenvalue weighted by Crippen LogP contribution is -2.29. The van der Waals surface area contributed by atoms with Crippen molar-refractivity contribution in [2.75, 3.05) is 5.32 Å². The second-order valence-electron chi connectivity index (χ2n) is 4.65. The molecular weight excluding hydrogens is 329 g/mol. The van der Waals surface area contributed by atoms with Crippen LogP contribution in [0.3, 0.4) is 0 Å². The van der Waals surface area contributed by atoms with Crippen molar-refractivity contribution in [2.45, 2.75) is 12.5 Å². The summed E-state index contributed by atoms with van der Waals surface area (Å²) >= 11 is 11.7. The first kappa shape index (κ1) is 16.4. The van der Waals surface area contributed by atoms with Crippen LogP contribution in [0.15, 0.2) is 30.5 Å². The van der Waals surface area contributed by atoms with E-state index in [4.69, 9.17) is 28.9 Å². The molecule has 116 valence electrons. The molecule has 0 fully saturated rings. The van der Waals surface area contributed by atoms with Gasteiger partial charge in [0.1, 0.15) is 11.8 Å². The molecule has 2 rings (SSSR count). The quantitative estimate of drug-likeness (QED) is 0.667. The van der Waals surface area contributed by atoms with E-state index in [1.54, 1.807) is 18.2 Å². The van der Waals surface area contributed by atoms with Crippen molar-refractivity contribution >= 4 is 40.7 Å². The number of hydrogen-bond donors (Lipinski definition) is 4. The molecule has 5 N–H and O–H groups in total. The molecule has 0 saturated carbocycles. The molecule has 0 saturated heterocycles. The van der Waals surface area contributed by atoms with Gasteiger partial charge in [0.2, 0.25) is 0 Å². The van der Waals surface area contributed by atoms with Gasteiger partial charge in [-0.05, 0) is 29.8 Å². The molecule has 6 nitrogen and oxygen atoms in total. The molecule has 0 bridgehead atoms. The maximum Gasteiger partial charge on any atom is 0.265 e. The van der Waals surface area contributed by atoms with Gasteiger partial charge < -0.3 is 21.1 Å². The summed E-state index contributed by atoms with van der Waals surface area (Å²) in [7, 11) is 0. The third kappa shape index (κ3) is 4.24. The number of aliphatic hydroxyl groups is 1. The van der Waals surface area contributed by atoms with Gasteiger partial charge in [-0.25, -0.2) is 0 Å². The van der Waals surface area contributed by atoms with E-state index in [-0.39, 0.29) is 12.1 Å². The van der Waals surface area contributed by atoms with E-state index in [1.807, 2.05) is 0 Å². The molecule has 8 heteroatoms. The number of nitrogens with two attached hydrogens (primary N) is 1. The van der Waals surface area contributed by atoms with Gasteiger partial charge in [-0.3, -0.25) is 9.59 Å². The number of nitrogens with one attached hydrogen (secondary N) is 2. The van der Waals surface area contributed by atoms with E-state index < -0.39 is 17.9 Å². The Hall–Kier alpha value is -2.02. The monoisotopic (exact) mass is 341 g/mol. The third-order valence-electron chi connectivity index (χ3n) is 2.87. The Morgan fingerprint density at radius 1 is 1.23 bits per heavy atom. The van der Waals surface area contributed by atoms with Gasteiger partial charge in [0.05, 0.1) is 5.69 Å². The van der Waals surface area contributed by atoms with Crippen LogP contribution in [0.4, 0.5) is 5.69 Å². The first-order chi connectivity index (χ1) is 10.3. The molecular formula is C14H13Cl2N3O3. The van der Waals surface area contributed by atoms with Crippen molar-refractivity contribution < 1.29 is 14.7 Å². The first-order valence-corrected chi connectivity index (χ1v) is 7.03. The van der Waals surface area contributed by atoms with Gasteiger partial charge in [0.25, 0.3) is 11.8 Å². The normalized spacial score (nSPS) is 12.0. The van der Waals surface area contributed by atoms with Gasteiger partial charge in [-0.2, -0.15) is 0 Å². The fourth-order valence-electron chi connectivity index (χ4n) is 1.88. The number of carbonyl (C=O) groups is 2. The molecule has 0 radical (unpaired) electrons. The van der Waals surface area contributed by atoms with Gasteiger partial charge in [0.15, 0.2) is 0 Å². The largest absolute Gasteiger partial charge is 0.383 e. The minimum Gasteiger partial charge on any atom is -0.383 e. The molecule has 0 spiro atoms. The number of primary amides is 1. The predicted octanol–water partition coefficient (Wildman–Crippen LogP) is 1.96. The second-order valence-corrected chi connectivity index (χ2v) is 5.53. The lowest BCUT2D eigenvalue weighted by atomic mass is 10.1. The maximum absolute atomic E-state index is 11.9. The van der Waals surface area contributed by atoms with Crippen LogP contribution >= 0.6 is 23.2 Å². The smallest absolute Gasteiger partial charge is 0.265 e. The predicted molar refractivity (Wildman–Crippen MR) is 84.1 cm³/mol. The molecule has 0 aliphatic heterocycles. The van der Waals surface area contributed by atoms with E-state index >= 15 is 0 Å². The summed E-state index contributed by atoms with van der Waals surface area (Å²) in [6.45, 7) is 0. The highest BCUT2D eigenvalue weighted by Gasteiger charge is 2.17. The Morgan fingerprint density at radius 2 is 1.86 bits per heavy atom. The topological polar surface area (TPSA) is 108 Å².